The molecule has 3 heterocycles. The molecule has 0 aliphatic rings. The highest BCUT2D eigenvalue weighted by molar-refractivity contribution is 7.85. The van der Waals surface area contributed by atoms with E-state index in [9.17, 15) is 4.21 Å². The number of aryl methyl sites for hydroxylation is 3. The third kappa shape index (κ3) is 2.43. The van der Waals surface area contributed by atoms with Crippen LogP contribution in [0.5, 0.6) is 0 Å². The van der Waals surface area contributed by atoms with Crippen LogP contribution in [0.15, 0.2) is 29.3 Å². The zero-order valence-corrected chi connectivity index (χ0v) is 13.9. The second kappa shape index (κ2) is 5.61. The van der Waals surface area contributed by atoms with Gasteiger partial charge in [-0.05, 0) is 37.6 Å². The first-order valence-electron chi connectivity index (χ1n) is 7.16. The molecule has 6 heteroatoms. The summed E-state index contributed by atoms with van der Waals surface area (Å²) < 4.78 is 14.2. The van der Waals surface area contributed by atoms with Gasteiger partial charge in [0.05, 0.1) is 15.7 Å². The van der Waals surface area contributed by atoms with Crippen molar-refractivity contribution in [2.45, 2.75) is 25.7 Å². The molecule has 114 valence electrons. The Morgan fingerprint density at radius 2 is 2.00 bits per heavy atom. The molecule has 0 saturated carbocycles. The quantitative estimate of drug-likeness (QED) is 0.746. The van der Waals surface area contributed by atoms with E-state index in [1.54, 1.807) is 0 Å². The molecular formula is C16H18N4OS. The van der Waals surface area contributed by atoms with E-state index in [4.69, 9.17) is 0 Å². The number of rotatable bonds is 3. The smallest absolute Gasteiger partial charge is 0.162 e. The third-order valence-electron chi connectivity index (χ3n) is 3.56. The van der Waals surface area contributed by atoms with Gasteiger partial charge in [-0.25, -0.2) is 15.0 Å². The van der Waals surface area contributed by atoms with E-state index in [1.807, 2.05) is 56.8 Å². The summed E-state index contributed by atoms with van der Waals surface area (Å²) in [5, 5.41) is 0. The molecule has 0 bridgehead atoms. The molecule has 3 rings (SSSR count). The van der Waals surface area contributed by atoms with Crippen LogP contribution in [0.4, 0.5) is 0 Å². The highest BCUT2D eigenvalue weighted by Gasteiger charge is 2.18. The molecule has 0 aliphatic carbocycles. The third-order valence-corrected chi connectivity index (χ3v) is 4.91. The molecule has 0 saturated heterocycles. The van der Waals surface area contributed by atoms with Crippen molar-refractivity contribution in [2.24, 2.45) is 7.05 Å². The average molecular weight is 314 g/mol. The van der Waals surface area contributed by atoms with Crippen LogP contribution in [-0.4, -0.2) is 29.5 Å². The van der Waals surface area contributed by atoms with Crippen molar-refractivity contribution >= 4 is 22.0 Å². The molecule has 5 nitrogen and oxygen atoms in total. The van der Waals surface area contributed by atoms with Crippen LogP contribution < -0.4 is 0 Å². The topological polar surface area (TPSA) is 60.7 Å². The summed E-state index contributed by atoms with van der Waals surface area (Å²) in [7, 11) is 0.831. The lowest BCUT2D eigenvalue weighted by molar-refractivity contribution is 0.683. The Morgan fingerprint density at radius 3 is 2.73 bits per heavy atom. The predicted octanol–water partition coefficient (Wildman–Crippen LogP) is 2.77. The average Bonchev–Trinajstić information content (AvgIpc) is 2.82. The number of hydrogen-bond donors (Lipinski definition) is 0. The summed E-state index contributed by atoms with van der Waals surface area (Å²) in [6.45, 7) is 5.82. The Hall–Kier alpha value is -2.08. The Bertz CT molecular complexity index is 885. The Labute approximate surface area is 131 Å². The summed E-state index contributed by atoms with van der Waals surface area (Å²) in [5.74, 6) is 1.26. The monoisotopic (exact) mass is 314 g/mol. The van der Waals surface area contributed by atoms with Gasteiger partial charge in [0.1, 0.15) is 11.2 Å². The van der Waals surface area contributed by atoms with E-state index in [0.29, 0.717) is 17.3 Å². The molecule has 0 aromatic carbocycles. The van der Waals surface area contributed by atoms with Gasteiger partial charge in [-0.15, -0.1) is 0 Å². The first-order valence-corrected chi connectivity index (χ1v) is 8.48. The summed E-state index contributed by atoms with van der Waals surface area (Å²) in [5.41, 5.74) is 4.25. The molecule has 0 fully saturated rings. The summed E-state index contributed by atoms with van der Waals surface area (Å²) in [4.78, 5) is 14.4. The molecule has 0 N–H and O–H groups in total. The van der Waals surface area contributed by atoms with E-state index < -0.39 is 10.8 Å². The zero-order chi connectivity index (χ0) is 15.9. The fourth-order valence-electron chi connectivity index (χ4n) is 2.43. The van der Waals surface area contributed by atoms with E-state index >= 15 is 0 Å². The normalized spacial score (nSPS) is 12.7. The van der Waals surface area contributed by atoms with Crippen LogP contribution in [0.25, 0.3) is 22.7 Å². The molecule has 0 amide bonds. The van der Waals surface area contributed by atoms with Crippen molar-refractivity contribution in [1.82, 2.24) is 19.5 Å². The Morgan fingerprint density at radius 1 is 1.23 bits per heavy atom. The second-order valence-corrected chi connectivity index (χ2v) is 6.99. The van der Waals surface area contributed by atoms with Gasteiger partial charge in [0.15, 0.2) is 11.5 Å². The molecule has 3 aromatic heterocycles. The van der Waals surface area contributed by atoms with Gasteiger partial charge in [-0.2, -0.15) is 0 Å². The van der Waals surface area contributed by atoms with Gasteiger partial charge < -0.3 is 4.57 Å². The Kier molecular flexibility index (Phi) is 3.78. The number of hydrogen-bond acceptors (Lipinski definition) is 4. The van der Waals surface area contributed by atoms with Gasteiger partial charge in [0.25, 0.3) is 0 Å². The lowest BCUT2D eigenvalue weighted by Gasteiger charge is -2.08. The molecule has 22 heavy (non-hydrogen) atoms. The molecule has 0 radical (unpaired) electrons. The van der Waals surface area contributed by atoms with Crippen LogP contribution in [0.1, 0.15) is 18.2 Å². The van der Waals surface area contributed by atoms with Crippen LogP contribution in [0.2, 0.25) is 0 Å². The number of imidazole rings is 1. The standard InChI is InChI=1S/C16H18N4OS/c1-5-22(21)13-7-6-11(3)18-14(13)16-19-12-8-10(2)9-17-15(12)20(16)4/h6-9H,5H2,1-4H3. The summed E-state index contributed by atoms with van der Waals surface area (Å²) >= 11 is 0. The number of aromatic nitrogens is 4. The molecule has 1 atom stereocenters. The van der Waals surface area contributed by atoms with Gasteiger partial charge in [-0.1, -0.05) is 6.92 Å². The van der Waals surface area contributed by atoms with Crippen molar-refractivity contribution in [1.29, 1.82) is 0 Å². The minimum atomic E-state index is -1.08. The minimum Gasteiger partial charge on any atom is -0.310 e. The minimum absolute atomic E-state index is 0.555. The van der Waals surface area contributed by atoms with Crippen LogP contribution in [0, 0.1) is 13.8 Å². The van der Waals surface area contributed by atoms with E-state index in [2.05, 4.69) is 15.0 Å². The van der Waals surface area contributed by atoms with E-state index in [-0.39, 0.29) is 0 Å². The molecule has 3 aromatic rings. The highest BCUT2D eigenvalue weighted by Crippen LogP contribution is 2.27. The number of pyridine rings is 2. The summed E-state index contributed by atoms with van der Waals surface area (Å²) in [6.07, 6.45) is 1.82. The maximum Gasteiger partial charge on any atom is 0.162 e. The lowest BCUT2D eigenvalue weighted by Crippen LogP contribution is -2.04. The summed E-state index contributed by atoms with van der Waals surface area (Å²) in [6, 6.07) is 5.77. The zero-order valence-electron chi connectivity index (χ0n) is 13.1. The SMILES string of the molecule is CCS(=O)c1ccc(C)nc1-c1nc2cc(C)cnc2n1C. The Balaban J connectivity index is 2.29. The first-order chi connectivity index (χ1) is 10.5. The first kappa shape index (κ1) is 14.8. The van der Waals surface area contributed by atoms with Crippen LogP contribution >= 0.6 is 0 Å². The number of fused-ring (bicyclic) bond motifs is 1. The van der Waals surface area contributed by atoms with Crippen LogP contribution in [0.3, 0.4) is 0 Å². The fraction of sp³-hybridized carbons (Fsp3) is 0.312. The van der Waals surface area contributed by atoms with Crippen molar-refractivity contribution in [3.63, 3.8) is 0 Å². The van der Waals surface area contributed by atoms with Gasteiger partial charge in [-0.3, -0.25) is 4.21 Å². The largest absolute Gasteiger partial charge is 0.310 e. The van der Waals surface area contributed by atoms with E-state index in [0.717, 1.165) is 27.3 Å². The molecule has 0 aliphatic heterocycles. The van der Waals surface area contributed by atoms with Crippen molar-refractivity contribution in [3.8, 4) is 11.5 Å². The molecule has 1 unspecified atom stereocenters. The maximum atomic E-state index is 12.3. The van der Waals surface area contributed by atoms with Crippen LogP contribution in [-0.2, 0) is 17.8 Å². The van der Waals surface area contributed by atoms with Gasteiger partial charge >= 0.3 is 0 Å². The lowest BCUT2D eigenvalue weighted by atomic mass is 10.3. The van der Waals surface area contributed by atoms with Crippen molar-refractivity contribution in [3.05, 3.63) is 35.7 Å². The molecular weight excluding hydrogens is 296 g/mol. The fourth-order valence-corrected chi connectivity index (χ4v) is 3.32. The van der Waals surface area contributed by atoms with Gasteiger partial charge in [0, 0.05) is 24.7 Å². The van der Waals surface area contributed by atoms with Crippen molar-refractivity contribution < 1.29 is 4.21 Å². The maximum absolute atomic E-state index is 12.3. The number of nitrogens with zero attached hydrogens (tertiary/aromatic N) is 4. The molecule has 0 spiro atoms. The van der Waals surface area contributed by atoms with E-state index in [1.165, 1.54) is 0 Å². The van der Waals surface area contributed by atoms with Gasteiger partial charge in [0.2, 0.25) is 0 Å². The van der Waals surface area contributed by atoms with Crippen molar-refractivity contribution in [2.75, 3.05) is 5.75 Å². The predicted molar refractivity (Wildman–Crippen MR) is 88.2 cm³/mol. The second-order valence-electron chi connectivity index (χ2n) is 5.28. The highest BCUT2D eigenvalue weighted by atomic mass is 32.2.